The monoisotopic (exact) mass is 916 g/mol. The van der Waals surface area contributed by atoms with Gasteiger partial charge in [0.05, 0.1) is 42.4 Å². The van der Waals surface area contributed by atoms with Crippen molar-refractivity contribution in [2.45, 2.75) is 62.0 Å². The number of nitrogens with one attached hydrogen (secondary N) is 3. The number of hydrogen-bond acceptors (Lipinski definition) is 12. The molecule has 0 radical (unpaired) electrons. The Morgan fingerprint density at radius 3 is 2.58 bits per heavy atom. The maximum Gasteiger partial charge on any atom is 0.407 e. The highest BCUT2D eigenvalue weighted by molar-refractivity contribution is 7.99. The van der Waals surface area contributed by atoms with Crippen LogP contribution in [0.25, 0.3) is 11.3 Å². The lowest BCUT2D eigenvalue weighted by atomic mass is 9.89. The predicted octanol–water partition coefficient (Wildman–Crippen LogP) is 4.46. The molecule has 2 aromatic carbocycles. The number of aliphatic carboxylic acids is 1. The number of thioether (sulfide) groups is 1. The smallest absolute Gasteiger partial charge is 0.407 e. The van der Waals surface area contributed by atoms with Gasteiger partial charge in [-0.2, -0.15) is 0 Å². The molecule has 6 rings (SSSR count). The van der Waals surface area contributed by atoms with Crippen molar-refractivity contribution in [3.8, 4) is 23.0 Å². The third-order valence-corrected chi connectivity index (χ3v) is 12.2. The highest BCUT2D eigenvalue weighted by Crippen LogP contribution is 2.39. The predicted molar refractivity (Wildman–Crippen MR) is 230 cm³/mol. The molecular weight excluding hydrogens is 862 g/mol. The summed E-state index contributed by atoms with van der Waals surface area (Å²) in [5.74, 6) is -3.38. The maximum absolute atomic E-state index is 15.4. The number of hydrogen-bond donors (Lipinski definition) is 7. The number of carboxylic acid groups (broad SMARTS) is 1. The average Bonchev–Trinajstić information content (AvgIpc) is 3.96. The van der Waals surface area contributed by atoms with Gasteiger partial charge in [0.2, 0.25) is 5.88 Å². The van der Waals surface area contributed by atoms with E-state index < -0.39 is 59.9 Å². The summed E-state index contributed by atoms with van der Waals surface area (Å²) >= 11 is 0.985. The van der Waals surface area contributed by atoms with Crippen molar-refractivity contribution in [3.05, 3.63) is 83.8 Å². The van der Waals surface area contributed by atoms with Crippen molar-refractivity contribution in [1.29, 1.82) is 0 Å². The van der Waals surface area contributed by atoms with E-state index in [1.54, 1.807) is 18.0 Å². The van der Waals surface area contributed by atoms with E-state index in [4.69, 9.17) is 30.0 Å². The summed E-state index contributed by atoms with van der Waals surface area (Å²) in [4.78, 5) is 44.9. The van der Waals surface area contributed by atoms with Gasteiger partial charge in [-0.15, -0.1) is 11.8 Å². The van der Waals surface area contributed by atoms with Gasteiger partial charge in [0.1, 0.15) is 36.3 Å². The number of carboxylic acids is 1. The Morgan fingerprint density at radius 1 is 1.09 bits per heavy atom. The Morgan fingerprint density at radius 2 is 1.86 bits per heavy atom. The molecule has 21 heteroatoms. The normalized spacial score (nSPS) is 18.0. The fraction of sp³-hybridized carbons (Fsp3) is 0.488. The number of benzene rings is 2. The number of alkyl carbamates (subject to hydrolysis) is 1. The Balaban J connectivity index is 1.11. The van der Waals surface area contributed by atoms with E-state index in [-0.39, 0.29) is 85.6 Å². The van der Waals surface area contributed by atoms with E-state index >= 15 is 8.78 Å². The molecule has 4 heterocycles. The number of aromatic hydroxyl groups is 2. The summed E-state index contributed by atoms with van der Waals surface area (Å²) in [6.45, 7) is 3.23. The van der Waals surface area contributed by atoms with Crippen LogP contribution in [0.1, 0.15) is 37.2 Å². The van der Waals surface area contributed by atoms with Crippen molar-refractivity contribution in [2.75, 3.05) is 65.0 Å². The van der Waals surface area contributed by atoms with Crippen LogP contribution in [-0.2, 0) is 32.1 Å². The number of nitrogens with two attached hydrogens (primary N) is 1. The van der Waals surface area contributed by atoms with Gasteiger partial charge in [-0.3, -0.25) is 9.36 Å². The third kappa shape index (κ3) is 12.8. The zero-order chi connectivity index (χ0) is 45.8. The molecule has 17 nitrogen and oxygen atoms in total. The zero-order valence-electron chi connectivity index (χ0n) is 35.3. The van der Waals surface area contributed by atoms with Crippen LogP contribution in [0.3, 0.4) is 0 Å². The molecule has 2 aliphatic heterocycles. The maximum atomic E-state index is 15.4. The molecule has 8 N–H and O–H groups in total. The van der Waals surface area contributed by atoms with E-state index in [1.165, 1.54) is 10.6 Å². The van der Waals surface area contributed by atoms with Gasteiger partial charge in [-0.05, 0) is 49.4 Å². The Labute approximate surface area is 372 Å². The number of rotatable bonds is 21. The average molecular weight is 917 g/mol. The largest absolute Gasteiger partial charge is 0.494 e. The van der Waals surface area contributed by atoms with Crippen molar-refractivity contribution in [3.63, 3.8) is 0 Å². The van der Waals surface area contributed by atoms with E-state index in [1.807, 2.05) is 34.9 Å². The van der Waals surface area contributed by atoms with Gasteiger partial charge in [-0.1, -0.05) is 30.3 Å². The van der Waals surface area contributed by atoms with Gasteiger partial charge < -0.3 is 60.7 Å². The van der Waals surface area contributed by atoms with Crippen LogP contribution >= 0.6 is 11.8 Å². The summed E-state index contributed by atoms with van der Waals surface area (Å²) in [5.41, 5.74) is 6.55. The minimum atomic E-state index is -1.23. The fourth-order valence-corrected chi connectivity index (χ4v) is 8.57. The van der Waals surface area contributed by atoms with Crippen LogP contribution in [0.15, 0.2) is 65.7 Å². The molecule has 3 amide bonds. The second kappa shape index (κ2) is 22.9. The molecule has 4 aromatic rings. The number of aromatic nitrogens is 3. The lowest BCUT2D eigenvalue weighted by Gasteiger charge is -2.40. The van der Waals surface area contributed by atoms with Crippen LogP contribution in [0.5, 0.6) is 11.8 Å². The Kier molecular flexibility index (Phi) is 17.2. The molecule has 348 valence electrons. The van der Waals surface area contributed by atoms with Gasteiger partial charge in [-0.25, -0.2) is 27.7 Å². The molecule has 0 saturated carbocycles. The molecular formula is C43H55F3N8O9S. The number of carbonyl (C=O) groups is 3. The number of alkyl halides is 1. The van der Waals surface area contributed by atoms with E-state index in [0.29, 0.717) is 45.0 Å². The minimum absolute atomic E-state index is 0.00311. The molecule has 2 aromatic heterocycles. The number of ether oxygens (including phenoxy) is 3. The van der Waals surface area contributed by atoms with Crippen LogP contribution in [0, 0.1) is 23.5 Å². The van der Waals surface area contributed by atoms with Crippen molar-refractivity contribution in [2.24, 2.45) is 17.6 Å². The first-order valence-corrected chi connectivity index (χ1v) is 22.0. The van der Waals surface area contributed by atoms with E-state index in [9.17, 15) is 29.0 Å². The van der Waals surface area contributed by atoms with Crippen molar-refractivity contribution in [1.82, 2.24) is 35.0 Å². The molecule has 64 heavy (non-hydrogen) atoms. The van der Waals surface area contributed by atoms with Crippen LogP contribution in [0.2, 0.25) is 0 Å². The summed E-state index contributed by atoms with van der Waals surface area (Å²) in [7, 11) is 0. The minimum Gasteiger partial charge on any atom is -0.494 e. The first-order valence-electron chi connectivity index (χ1n) is 21.1. The molecule has 2 saturated heterocycles. The number of halogens is 3. The third-order valence-electron chi connectivity index (χ3n) is 11.0. The zero-order valence-corrected chi connectivity index (χ0v) is 36.2. The van der Waals surface area contributed by atoms with Gasteiger partial charge in [0, 0.05) is 75.4 Å². The quantitative estimate of drug-likeness (QED) is 0.0453. The van der Waals surface area contributed by atoms with E-state index in [2.05, 4.69) is 16.0 Å². The first-order chi connectivity index (χ1) is 30.8. The summed E-state index contributed by atoms with van der Waals surface area (Å²) in [6, 6.07) is 10.8. The van der Waals surface area contributed by atoms with Gasteiger partial charge in [0.15, 0.2) is 5.88 Å². The second-order valence-corrected chi connectivity index (χ2v) is 16.9. The Bertz CT molecular complexity index is 2180. The number of imidazole rings is 1. The van der Waals surface area contributed by atoms with Crippen LogP contribution in [-0.4, -0.2) is 136 Å². The number of nitrogens with zero attached hydrogens (tertiary/aromatic N) is 4. The molecule has 2 aliphatic rings. The van der Waals surface area contributed by atoms with Gasteiger partial charge >= 0.3 is 18.1 Å². The highest BCUT2D eigenvalue weighted by Gasteiger charge is 2.40. The Hall–Kier alpha value is -5.48. The fourth-order valence-electron chi connectivity index (χ4n) is 7.64. The molecule has 5 unspecified atom stereocenters. The molecule has 2 fully saturated rings. The van der Waals surface area contributed by atoms with Crippen LogP contribution < -0.4 is 21.7 Å². The SMILES string of the molecule is CC(COC(=O)NCCOCCn1c(O)cc(SCC(N)C(=O)O)c1O)NC(=O)N(CC1CNCC1F)C(c1nc(-c2cc(F)ccc2F)cn1Cc1ccccc1)C1CCOCC1. The first kappa shape index (κ1) is 48.0. The number of amides is 3. The molecule has 5 atom stereocenters. The van der Waals surface area contributed by atoms with Crippen molar-refractivity contribution < 1.29 is 57.1 Å². The second-order valence-electron chi connectivity index (χ2n) is 15.8. The summed E-state index contributed by atoms with van der Waals surface area (Å²) < 4.78 is 64.8. The standard InChI is InChI=1S/C43H55F3N8O9S/c1-26(24-63-43(60)49-11-15-62-16-12-53-37(55)18-36(40(53)56)64-25-34(47)41(57)58)50-42(59)54(22-29-19-48-20-33(29)46)38(28-9-13-61-14-10-28)39-51-35(31-17-30(44)7-8-32(31)45)23-52(39)21-27-5-3-2-4-6-27/h2-8,17-18,23,26,28-29,33-34,38,48,55-56H,9-16,19-22,24-25,47H2,1H3,(H,49,60)(H,50,59)(H,57,58). The number of urea groups is 1. The van der Waals surface area contributed by atoms with Crippen LogP contribution in [0.4, 0.5) is 22.8 Å². The lowest BCUT2D eigenvalue weighted by molar-refractivity contribution is -0.137. The van der Waals surface area contributed by atoms with E-state index in [0.717, 1.165) is 35.5 Å². The lowest BCUT2D eigenvalue weighted by Crippen LogP contribution is -2.52. The molecule has 0 bridgehead atoms. The summed E-state index contributed by atoms with van der Waals surface area (Å²) in [5, 5.41) is 38.2. The summed E-state index contributed by atoms with van der Waals surface area (Å²) in [6.07, 6.45) is 0.729. The molecule has 0 spiro atoms. The number of carbonyl (C=O) groups excluding carboxylic acids is 2. The molecule has 0 aliphatic carbocycles. The topological polar surface area (TPSA) is 228 Å². The highest BCUT2D eigenvalue weighted by atomic mass is 32.2. The van der Waals surface area contributed by atoms with Gasteiger partial charge in [0.25, 0.3) is 0 Å². The van der Waals surface area contributed by atoms with Crippen molar-refractivity contribution >= 4 is 29.9 Å².